The first kappa shape index (κ1) is 21.6. The maximum absolute atomic E-state index is 12.6. The molecule has 2 aromatic heterocycles. The van der Waals surface area contributed by atoms with E-state index in [1.807, 2.05) is 18.2 Å². The van der Waals surface area contributed by atoms with Gasteiger partial charge in [-0.2, -0.15) is 0 Å². The van der Waals surface area contributed by atoms with Gasteiger partial charge in [0.15, 0.2) is 0 Å². The number of nitrogens with one attached hydrogen (secondary N) is 1. The number of amides is 1. The highest BCUT2D eigenvalue weighted by molar-refractivity contribution is 7.10. The Bertz CT molecular complexity index is 846. The van der Waals surface area contributed by atoms with Crippen molar-refractivity contribution in [2.24, 2.45) is 0 Å². The fourth-order valence-corrected chi connectivity index (χ4v) is 4.74. The molecular formula is C23H28N2O2S2. The number of carbonyl (C=O) groups is 1. The van der Waals surface area contributed by atoms with Gasteiger partial charge in [-0.3, -0.25) is 9.69 Å². The quantitative estimate of drug-likeness (QED) is 0.485. The first-order chi connectivity index (χ1) is 14.1. The standard InChI is InChI=1S/C23H28N2O2S2/c1-18(15-22-6-4-14-29-22)25(16-19-7-9-20(27-2)10-8-19)17-23(26)24-12-11-21-5-3-13-28-21/h3-10,13-14,18H,11-12,15-17H2,1-2H3,(H,24,26). The van der Waals surface area contributed by atoms with Crippen molar-refractivity contribution < 1.29 is 9.53 Å². The monoisotopic (exact) mass is 428 g/mol. The van der Waals surface area contributed by atoms with Crippen LogP contribution in [-0.2, 0) is 24.2 Å². The molecule has 1 N–H and O–H groups in total. The molecule has 0 aliphatic carbocycles. The summed E-state index contributed by atoms with van der Waals surface area (Å²) < 4.78 is 5.26. The van der Waals surface area contributed by atoms with Crippen molar-refractivity contribution in [2.75, 3.05) is 20.2 Å². The number of methoxy groups -OCH3 is 1. The number of benzene rings is 1. The molecule has 2 heterocycles. The SMILES string of the molecule is COc1ccc(CN(CC(=O)NCCc2cccs2)C(C)Cc2cccs2)cc1. The van der Waals surface area contributed by atoms with Crippen LogP contribution in [0.4, 0.5) is 0 Å². The highest BCUT2D eigenvalue weighted by Crippen LogP contribution is 2.18. The Morgan fingerprint density at radius 2 is 1.76 bits per heavy atom. The van der Waals surface area contributed by atoms with Crippen molar-refractivity contribution in [3.63, 3.8) is 0 Å². The fraction of sp³-hybridized carbons (Fsp3) is 0.348. The molecule has 0 bridgehead atoms. The van der Waals surface area contributed by atoms with Crippen molar-refractivity contribution in [3.8, 4) is 5.75 Å². The normalized spacial score (nSPS) is 12.1. The lowest BCUT2D eigenvalue weighted by molar-refractivity contribution is -0.122. The lowest BCUT2D eigenvalue weighted by Gasteiger charge is -2.28. The van der Waals surface area contributed by atoms with Gasteiger partial charge in [0.05, 0.1) is 13.7 Å². The Hall–Kier alpha value is -2.15. The van der Waals surface area contributed by atoms with Crippen LogP contribution in [-0.4, -0.2) is 37.0 Å². The molecule has 0 aliphatic rings. The van der Waals surface area contributed by atoms with E-state index in [4.69, 9.17) is 4.74 Å². The maximum Gasteiger partial charge on any atom is 0.234 e. The number of carbonyl (C=O) groups excluding carboxylic acids is 1. The molecule has 1 atom stereocenters. The van der Waals surface area contributed by atoms with Crippen LogP contribution in [0.2, 0.25) is 0 Å². The summed E-state index contributed by atoms with van der Waals surface area (Å²) in [7, 11) is 1.67. The van der Waals surface area contributed by atoms with Gasteiger partial charge in [-0.25, -0.2) is 0 Å². The van der Waals surface area contributed by atoms with Crippen molar-refractivity contribution >= 4 is 28.6 Å². The zero-order chi connectivity index (χ0) is 20.5. The van der Waals surface area contributed by atoms with E-state index >= 15 is 0 Å². The van der Waals surface area contributed by atoms with Gasteiger partial charge in [0, 0.05) is 28.9 Å². The molecule has 4 nitrogen and oxygen atoms in total. The first-order valence-electron chi connectivity index (χ1n) is 9.82. The lowest BCUT2D eigenvalue weighted by Crippen LogP contribution is -2.42. The first-order valence-corrected chi connectivity index (χ1v) is 11.6. The third kappa shape index (κ3) is 6.99. The molecule has 1 unspecified atom stereocenters. The van der Waals surface area contributed by atoms with Crippen LogP contribution in [0.1, 0.15) is 22.2 Å². The number of thiophene rings is 2. The number of rotatable bonds is 11. The third-order valence-electron chi connectivity index (χ3n) is 4.87. The molecule has 3 aromatic rings. The zero-order valence-corrected chi connectivity index (χ0v) is 18.6. The van der Waals surface area contributed by atoms with Crippen molar-refractivity contribution in [1.29, 1.82) is 0 Å². The highest BCUT2D eigenvalue weighted by Gasteiger charge is 2.18. The van der Waals surface area contributed by atoms with E-state index in [1.165, 1.54) is 15.3 Å². The average Bonchev–Trinajstić information content (AvgIpc) is 3.42. The Kier molecular flexibility index (Phi) is 8.28. The van der Waals surface area contributed by atoms with E-state index < -0.39 is 0 Å². The van der Waals surface area contributed by atoms with Gasteiger partial charge in [0.25, 0.3) is 0 Å². The van der Waals surface area contributed by atoms with Gasteiger partial charge in [-0.05, 0) is 60.4 Å². The molecule has 29 heavy (non-hydrogen) atoms. The summed E-state index contributed by atoms with van der Waals surface area (Å²) in [6, 6.07) is 16.7. The molecular weight excluding hydrogens is 400 g/mol. The van der Waals surface area contributed by atoms with Gasteiger partial charge in [0.1, 0.15) is 5.75 Å². The minimum atomic E-state index is 0.0769. The van der Waals surface area contributed by atoms with Gasteiger partial charge in [0.2, 0.25) is 5.91 Å². The number of ether oxygens (including phenoxy) is 1. The van der Waals surface area contributed by atoms with Crippen LogP contribution < -0.4 is 10.1 Å². The number of hydrogen-bond donors (Lipinski definition) is 1. The summed E-state index contributed by atoms with van der Waals surface area (Å²) in [5.41, 5.74) is 1.18. The molecule has 1 aromatic carbocycles. The Labute approximate surface area is 181 Å². The fourth-order valence-electron chi connectivity index (χ4n) is 3.20. The molecule has 0 aliphatic heterocycles. The minimum absolute atomic E-state index is 0.0769. The summed E-state index contributed by atoms with van der Waals surface area (Å²) in [4.78, 5) is 17.5. The smallest absolute Gasteiger partial charge is 0.234 e. The molecule has 1 amide bonds. The lowest BCUT2D eigenvalue weighted by atomic mass is 10.1. The van der Waals surface area contributed by atoms with Gasteiger partial charge < -0.3 is 10.1 Å². The van der Waals surface area contributed by atoms with Crippen molar-refractivity contribution in [1.82, 2.24) is 10.2 Å². The number of nitrogens with zero attached hydrogens (tertiary/aromatic N) is 1. The Morgan fingerprint density at radius 3 is 2.38 bits per heavy atom. The molecule has 0 saturated heterocycles. The molecule has 154 valence electrons. The maximum atomic E-state index is 12.6. The molecule has 3 rings (SSSR count). The molecule has 0 fully saturated rings. The highest BCUT2D eigenvalue weighted by atomic mass is 32.1. The summed E-state index contributed by atoms with van der Waals surface area (Å²) in [6.07, 6.45) is 1.82. The number of hydrogen-bond acceptors (Lipinski definition) is 5. The largest absolute Gasteiger partial charge is 0.497 e. The zero-order valence-electron chi connectivity index (χ0n) is 17.0. The van der Waals surface area contributed by atoms with Gasteiger partial charge in [-0.1, -0.05) is 24.3 Å². The summed E-state index contributed by atoms with van der Waals surface area (Å²) in [5, 5.41) is 7.25. The summed E-state index contributed by atoms with van der Waals surface area (Å²) >= 11 is 3.50. The van der Waals surface area contributed by atoms with Crippen molar-refractivity contribution in [2.45, 2.75) is 32.4 Å². The molecule has 6 heteroatoms. The topological polar surface area (TPSA) is 41.6 Å². The Balaban J connectivity index is 1.59. The van der Waals surface area contributed by atoms with E-state index in [0.29, 0.717) is 13.1 Å². The van der Waals surface area contributed by atoms with E-state index in [0.717, 1.165) is 25.1 Å². The van der Waals surface area contributed by atoms with Crippen LogP contribution in [0.15, 0.2) is 59.3 Å². The predicted molar refractivity (Wildman–Crippen MR) is 122 cm³/mol. The van der Waals surface area contributed by atoms with Crippen LogP contribution >= 0.6 is 22.7 Å². The second kappa shape index (κ2) is 11.1. The second-order valence-corrected chi connectivity index (χ2v) is 9.13. The van der Waals surface area contributed by atoms with E-state index in [9.17, 15) is 4.79 Å². The summed E-state index contributed by atoms with van der Waals surface area (Å²) in [6.45, 7) is 4.00. The average molecular weight is 429 g/mol. The van der Waals surface area contributed by atoms with Crippen LogP contribution in [0.3, 0.4) is 0 Å². The van der Waals surface area contributed by atoms with Gasteiger partial charge in [-0.15, -0.1) is 22.7 Å². The van der Waals surface area contributed by atoms with Crippen LogP contribution in [0, 0.1) is 0 Å². The van der Waals surface area contributed by atoms with E-state index in [1.54, 1.807) is 29.8 Å². The van der Waals surface area contributed by atoms with E-state index in [2.05, 4.69) is 58.2 Å². The molecule has 0 saturated carbocycles. The van der Waals surface area contributed by atoms with Crippen LogP contribution in [0.5, 0.6) is 5.75 Å². The summed E-state index contributed by atoms with van der Waals surface area (Å²) in [5.74, 6) is 0.923. The van der Waals surface area contributed by atoms with E-state index in [-0.39, 0.29) is 11.9 Å². The van der Waals surface area contributed by atoms with Crippen LogP contribution in [0.25, 0.3) is 0 Å². The second-order valence-electron chi connectivity index (χ2n) is 7.06. The predicted octanol–water partition coefficient (Wildman–Crippen LogP) is 4.61. The Morgan fingerprint density at radius 1 is 1.07 bits per heavy atom. The van der Waals surface area contributed by atoms with Crippen molar-refractivity contribution in [3.05, 3.63) is 74.6 Å². The minimum Gasteiger partial charge on any atom is -0.497 e. The third-order valence-corrected chi connectivity index (χ3v) is 6.70. The molecule has 0 radical (unpaired) electrons. The molecule has 0 spiro atoms. The van der Waals surface area contributed by atoms with Gasteiger partial charge >= 0.3 is 0 Å².